The largest absolute Gasteiger partial charge is 0.337 e. The van der Waals surface area contributed by atoms with Crippen molar-refractivity contribution < 1.29 is 8.78 Å². The lowest BCUT2D eigenvalue weighted by molar-refractivity contribution is 0.141. The van der Waals surface area contributed by atoms with Crippen LogP contribution >= 0.6 is 0 Å². The van der Waals surface area contributed by atoms with E-state index in [1.165, 1.54) is 19.3 Å². The molecule has 0 aliphatic carbocycles. The quantitative estimate of drug-likeness (QED) is 0.709. The molecule has 0 unspecified atom stereocenters. The fraction of sp³-hybridized carbons (Fsp3) is 0.421. The highest BCUT2D eigenvalue weighted by molar-refractivity contribution is 5.90. The second-order valence-electron chi connectivity index (χ2n) is 6.77. The van der Waals surface area contributed by atoms with E-state index in [4.69, 9.17) is 0 Å². The van der Waals surface area contributed by atoms with Crippen molar-refractivity contribution in [1.29, 1.82) is 0 Å². The number of piperidine rings is 1. The summed E-state index contributed by atoms with van der Waals surface area (Å²) in [6.45, 7) is 4.06. The Balaban J connectivity index is 1.50. The Bertz CT molecular complexity index is 904. The first-order valence-electron chi connectivity index (χ1n) is 9.26. The van der Waals surface area contributed by atoms with Crippen LogP contribution in [0.15, 0.2) is 36.7 Å². The van der Waals surface area contributed by atoms with Gasteiger partial charge >= 0.3 is 0 Å². The van der Waals surface area contributed by atoms with Gasteiger partial charge in [-0.25, -0.2) is 18.7 Å². The van der Waals surface area contributed by atoms with E-state index >= 15 is 0 Å². The first-order valence-corrected chi connectivity index (χ1v) is 9.26. The van der Waals surface area contributed by atoms with Crippen molar-refractivity contribution in [3.05, 3.63) is 42.5 Å². The van der Waals surface area contributed by atoms with Gasteiger partial charge in [-0.05, 0) is 38.1 Å². The Morgan fingerprint density at radius 2 is 1.85 bits per heavy atom. The van der Waals surface area contributed by atoms with Crippen molar-refractivity contribution in [3.8, 4) is 0 Å². The molecule has 1 fully saturated rings. The van der Waals surface area contributed by atoms with Crippen LogP contribution in [0.1, 0.15) is 31.5 Å². The molecule has 0 saturated carbocycles. The average molecular weight is 372 g/mol. The van der Waals surface area contributed by atoms with Crippen LogP contribution in [0.3, 0.4) is 0 Å². The van der Waals surface area contributed by atoms with Gasteiger partial charge in [-0.3, -0.25) is 4.68 Å². The molecule has 0 radical (unpaired) electrons. The van der Waals surface area contributed by atoms with Gasteiger partial charge in [0.05, 0.1) is 23.9 Å². The Kier molecular flexibility index (Phi) is 5.24. The lowest BCUT2D eigenvalue weighted by Crippen LogP contribution is -2.32. The summed E-state index contributed by atoms with van der Waals surface area (Å²) < 4.78 is 28.1. The number of alkyl halides is 2. The Morgan fingerprint density at radius 3 is 2.67 bits per heavy atom. The van der Waals surface area contributed by atoms with Gasteiger partial charge in [0.25, 0.3) is 6.43 Å². The maximum absolute atomic E-state index is 13.1. The van der Waals surface area contributed by atoms with Crippen LogP contribution in [-0.2, 0) is 6.54 Å². The molecule has 0 atom stereocenters. The predicted octanol–water partition coefficient (Wildman–Crippen LogP) is 3.99. The lowest BCUT2D eigenvalue weighted by atomic mass is 10.1. The van der Waals surface area contributed by atoms with Gasteiger partial charge in [0.2, 0.25) is 0 Å². The number of halogens is 2. The molecule has 27 heavy (non-hydrogen) atoms. The van der Waals surface area contributed by atoms with Crippen molar-refractivity contribution in [2.45, 2.75) is 32.2 Å². The maximum atomic E-state index is 13.1. The molecular weight excluding hydrogens is 350 g/mol. The van der Waals surface area contributed by atoms with Crippen LogP contribution in [0, 0.1) is 0 Å². The summed E-state index contributed by atoms with van der Waals surface area (Å²) in [4.78, 5) is 10.4. The number of hydrogen-bond acceptors (Lipinski definition) is 5. The normalized spacial score (nSPS) is 15.5. The summed E-state index contributed by atoms with van der Waals surface area (Å²) in [5, 5.41) is 8.19. The zero-order valence-corrected chi connectivity index (χ0v) is 15.0. The third kappa shape index (κ3) is 4.21. The molecule has 1 aliphatic rings. The van der Waals surface area contributed by atoms with E-state index in [9.17, 15) is 8.78 Å². The second kappa shape index (κ2) is 7.96. The number of aromatic nitrogens is 4. The van der Waals surface area contributed by atoms with Gasteiger partial charge < -0.3 is 10.2 Å². The summed E-state index contributed by atoms with van der Waals surface area (Å²) in [6, 6.07) is 7.12. The van der Waals surface area contributed by atoms with Gasteiger partial charge in [-0.2, -0.15) is 5.10 Å². The molecule has 0 spiro atoms. The molecule has 3 heterocycles. The van der Waals surface area contributed by atoms with E-state index in [0.29, 0.717) is 16.7 Å². The second-order valence-corrected chi connectivity index (χ2v) is 6.77. The highest BCUT2D eigenvalue weighted by atomic mass is 19.3. The highest BCUT2D eigenvalue weighted by Crippen LogP contribution is 2.26. The first-order chi connectivity index (χ1) is 13.2. The van der Waals surface area contributed by atoms with Gasteiger partial charge in [0.1, 0.15) is 5.82 Å². The van der Waals surface area contributed by atoms with E-state index in [-0.39, 0.29) is 0 Å². The van der Waals surface area contributed by atoms with Gasteiger partial charge in [0, 0.05) is 18.1 Å². The molecule has 0 bridgehead atoms. The number of hydrogen-bond donors (Lipinski definition) is 1. The number of nitrogens with one attached hydrogen (secondary N) is 1. The van der Waals surface area contributed by atoms with Gasteiger partial charge in [-0.1, -0.05) is 18.6 Å². The van der Waals surface area contributed by atoms with Crippen LogP contribution in [0.4, 0.5) is 20.3 Å². The van der Waals surface area contributed by atoms with E-state index in [1.807, 2.05) is 23.0 Å². The number of benzene rings is 1. The molecule has 1 aromatic carbocycles. The SMILES string of the molecule is FC(F)c1nc(Nc2cnn(CCN3CCCCC3)c2)c2ccccc2n1. The summed E-state index contributed by atoms with van der Waals surface area (Å²) >= 11 is 0. The van der Waals surface area contributed by atoms with E-state index in [1.54, 1.807) is 18.3 Å². The number of rotatable bonds is 6. The minimum atomic E-state index is -2.72. The third-order valence-corrected chi connectivity index (χ3v) is 4.81. The number of nitrogens with zero attached hydrogens (tertiary/aromatic N) is 5. The van der Waals surface area contributed by atoms with E-state index in [2.05, 4.69) is 25.3 Å². The lowest BCUT2D eigenvalue weighted by Gasteiger charge is -2.26. The van der Waals surface area contributed by atoms with Gasteiger partial charge in [0.15, 0.2) is 5.82 Å². The van der Waals surface area contributed by atoms with Crippen molar-refractivity contribution in [2.75, 3.05) is 25.0 Å². The number of likely N-dealkylation sites (tertiary alicyclic amines) is 1. The molecule has 6 nitrogen and oxygen atoms in total. The zero-order valence-electron chi connectivity index (χ0n) is 15.0. The number of anilines is 2. The summed E-state index contributed by atoms with van der Waals surface area (Å²) in [6.07, 6.45) is 4.69. The molecular formula is C19H22F2N6. The first kappa shape index (κ1) is 17.8. The highest BCUT2D eigenvalue weighted by Gasteiger charge is 2.16. The molecule has 2 aromatic heterocycles. The van der Waals surface area contributed by atoms with Crippen LogP contribution < -0.4 is 5.32 Å². The molecule has 8 heteroatoms. The summed E-state index contributed by atoms with van der Waals surface area (Å²) in [5.74, 6) is -0.111. The van der Waals surface area contributed by atoms with Crippen molar-refractivity contribution in [2.24, 2.45) is 0 Å². The molecule has 1 aliphatic heterocycles. The summed E-state index contributed by atoms with van der Waals surface area (Å²) in [7, 11) is 0. The average Bonchev–Trinajstić information content (AvgIpc) is 3.14. The Hall–Kier alpha value is -2.61. The smallest absolute Gasteiger partial charge is 0.297 e. The third-order valence-electron chi connectivity index (χ3n) is 4.81. The molecule has 1 N–H and O–H groups in total. The maximum Gasteiger partial charge on any atom is 0.297 e. The molecule has 3 aromatic rings. The minimum Gasteiger partial charge on any atom is -0.337 e. The van der Waals surface area contributed by atoms with E-state index < -0.39 is 12.2 Å². The van der Waals surface area contributed by atoms with Crippen LogP contribution in [0.5, 0.6) is 0 Å². The van der Waals surface area contributed by atoms with Crippen molar-refractivity contribution >= 4 is 22.4 Å². The fourth-order valence-electron chi connectivity index (χ4n) is 3.40. The molecule has 142 valence electrons. The van der Waals surface area contributed by atoms with Gasteiger partial charge in [-0.15, -0.1) is 0 Å². The monoisotopic (exact) mass is 372 g/mol. The molecule has 0 amide bonds. The zero-order chi connectivity index (χ0) is 18.6. The van der Waals surface area contributed by atoms with Crippen LogP contribution in [-0.4, -0.2) is 44.3 Å². The number of para-hydroxylation sites is 1. The number of fused-ring (bicyclic) bond motifs is 1. The van der Waals surface area contributed by atoms with Crippen molar-refractivity contribution in [3.63, 3.8) is 0 Å². The van der Waals surface area contributed by atoms with Crippen molar-refractivity contribution in [1.82, 2.24) is 24.6 Å². The Morgan fingerprint density at radius 1 is 1.04 bits per heavy atom. The molecule has 1 saturated heterocycles. The van der Waals surface area contributed by atoms with Crippen LogP contribution in [0.25, 0.3) is 10.9 Å². The molecule has 4 rings (SSSR count). The summed E-state index contributed by atoms with van der Waals surface area (Å²) in [5.41, 5.74) is 1.21. The topological polar surface area (TPSA) is 58.9 Å². The van der Waals surface area contributed by atoms with E-state index in [0.717, 1.165) is 31.9 Å². The Labute approximate surface area is 156 Å². The predicted molar refractivity (Wildman–Crippen MR) is 100 cm³/mol. The van der Waals surface area contributed by atoms with Crippen LogP contribution in [0.2, 0.25) is 0 Å². The standard InChI is InChI=1S/C19H22F2N6/c20-17(21)19-24-16-7-3-2-6-15(16)18(25-19)23-14-12-22-27(13-14)11-10-26-8-4-1-5-9-26/h2-3,6-7,12-13,17H,1,4-5,8-11H2,(H,23,24,25). The fourth-order valence-corrected chi connectivity index (χ4v) is 3.40. The minimum absolute atomic E-state index is 0.367.